The Morgan fingerprint density at radius 2 is 1.95 bits per heavy atom. The zero-order chi connectivity index (χ0) is 15.2. The monoisotopic (exact) mass is 312 g/mol. The Hall–Kier alpha value is -1.05. The summed E-state index contributed by atoms with van der Waals surface area (Å²) in [6.45, 7) is 4.61. The van der Waals surface area contributed by atoms with Gasteiger partial charge in [0, 0.05) is 39.9 Å². The molecular formula is C14H24N4O2S. The van der Waals surface area contributed by atoms with E-state index >= 15 is 0 Å². The van der Waals surface area contributed by atoms with Gasteiger partial charge in [-0.3, -0.25) is 0 Å². The lowest BCUT2D eigenvalue weighted by Gasteiger charge is -2.18. The predicted molar refractivity (Wildman–Crippen MR) is 86.4 cm³/mol. The van der Waals surface area contributed by atoms with Gasteiger partial charge in [0.2, 0.25) is 0 Å². The molecule has 0 spiro atoms. The highest BCUT2D eigenvalue weighted by Crippen LogP contribution is 2.25. The van der Waals surface area contributed by atoms with Gasteiger partial charge in [0.05, 0.1) is 0 Å². The van der Waals surface area contributed by atoms with Crippen molar-refractivity contribution in [1.82, 2.24) is 9.97 Å². The van der Waals surface area contributed by atoms with E-state index in [1.807, 2.05) is 12.3 Å². The number of thioether (sulfide) groups is 1. The molecule has 0 radical (unpaired) electrons. The third-order valence-electron chi connectivity index (χ3n) is 3.58. The Balaban J connectivity index is 2.18. The molecule has 0 aromatic carbocycles. The number of nitrogens with zero attached hydrogens (tertiary/aromatic N) is 3. The van der Waals surface area contributed by atoms with Crippen LogP contribution in [0.2, 0.25) is 0 Å². The fourth-order valence-electron chi connectivity index (χ4n) is 2.39. The fraction of sp³-hybridized carbons (Fsp3) is 0.714. The van der Waals surface area contributed by atoms with Crippen LogP contribution < -0.4 is 10.2 Å². The highest BCUT2D eigenvalue weighted by molar-refractivity contribution is 7.98. The first-order valence-electron chi connectivity index (χ1n) is 7.19. The van der Waals surface area contributed by atoms with Gasteiger partial charge in [0.15, 0.2) is 5.16 Å². The van der Waals surface area contributed by atoms with Crippen LogP contribution in [0.4, 0.5) is 11.6 Å². The maximum absolute atomic E-state index is 5.49. The van der Waals surface area contributed by atoms with Crippen LogP contribution in [0.15, 0.2) is 11.2 Å². The maximum atomic E-state index is 5.49. The maximum Gasteiger partial charge on any atom is 0.191 e. The van der Waals surface area contributed by atoms with Crippen molar-refractivity contribution < 1.29 is 9.47 Å². The SMILES string of the molecule is CCCNc1cc(N2CC(OC)C(OC)C2)nc(SC)n1. The van der Waals surface area contributed by atoms with Crippen molar-refractivity contribution in [3.63, 3.8) is 0 Å². The number of anilines is 2. The van der Waals surface area contributed by atoms with E-state index in [0.717, 1.165) is 42.8 Å². The molecule has 0 bridgehead atoms. The summed E-state index contributed by atoms with van der Waals surface area (Å²) in [4.78, 5) is 11.3. The molecule has 2 heterocycles. The minimum absolute atomic E-state index is 0.0785. The quantitative estimate of drug-likeness (QED) is 0.609. The minimum atomic E-state index is 0.0785. The molecule has 1 saturated heterocycles. The second-order valence-electron chi connectivity index (χ2n) is 4.98. The Morgan fingerprint density at radius 1 is 1.29 bits per heavy atom. The molecule has 1 fully saturated rings. The van der Waals surface area contributed by atoms with Crippen LogP contribution in [0.1, 0.15) is 13.3 Å². The summed E-state index contributed by atoms with van der Waals surface area (Å²) in [6.07, 6.45) is 3.21. The van der Waals surface area contributed by atoms with Crippen LogP contribution >= 0.6 is 11.8 Å². The van der Waals surface area contributed by atoms with Crippen molar-refractivity contribution in [2.75, 3.05) is 50.3 Å². The average molecular weight is 312 g/mol. The summed E-state index contributed by atoms with van der Waals surface area (Å²) in [6, 6.07) is 2.00. The van der Waals surface area contributed by atoms with Gasteiger partial charge in [-0.15, -0.1) is 0 Å². The lowest BCUT2D eigenvalue weighted by molar-refractivity contribution is -0.00461. The normalized spacial score (nSPS) is 21.8. The molecule has 0 amide bonds. The number of methoxy groups -OCH3 is 2. The highest BCUT2D eigenvalue weighted by atomic mass is 32.2. The van der Waals surface area contributed by atoms with E-state index < -0.39 is 0 Å². The van der Waals surface area contributed by atoms with E-state index in [0.29, 0.717) is 0 Å². The summed E-state index contributed by atoms with van der Waals surface area (Å²) in [7, 11) is 3.45. The van der Waals surface area contributed by atoms with Gasteiger partial charge in [-0.25, -0.2) is 9.97 Å². The van der Waals surface area contributed by atoms with Gasteiger partial charge in [0.25, 0.3) is 0 Å². The number of nitrogens with one attached hydrogen (secondary N) is 1. The zero-order valence-corrected chi connectivity index (χ0v) is 13.9. The molecule has 1 N–H and O–H groups in total. The van der Waals surface area contributed by atoms with Crippen molar-refractivity contribution in [2.45, 2.75) is 30.7 Å². The summed E-state index contributed by atoms with van der Waals surface area (Å²) in [5, 5.41) is 4.11. The minimum Gasteiger partial charge on any atom is -0.377 e. The summed E-state index contributed by atoms with van der Waals surface area (Å²) in [5.74, 6) is 1.80. The standard InChI is InChI=1S/C14H24N4O2S/c1-5-6-15-12-7-13(17-14(16-12)21-4)18-8-10(19-2)11(9-18)20-3/h7,10-11H,5-6,8-9H2,1-4H3,(H,15,16,17). The molecule has 2 atom stereocenters. The smallest absolute Gasteiger partial charge is 0.191 e. The van der Waals surface area contributed by atoms with E-state index in [1.54, 1.807) is 26.0 Å². The van der Waals surface area contributed by atoms with Crippen LogP contribution in [0.25, 0.3) is 0 Å². The molecule has 2 unspecified atom stereocenters. The van der Waals surface area contributed by atoms with E-state index in [4.69, 9.17) is 9.47 Å². The van der Waals surface area contributed by atoms with Gasteiger partial charge in [0.1, 0.15) is 23.8 Å². The predicted octanol–water partition coefficient (Wildman–Crippen LogP) is 1.87. The van der Waals surface area contributed by atoms with Crippen LogP contribution in [0, 0.1) is 0 Å². The van der Waals surface area contributed by atoms with Gasteiger partial charge in [-0.1, -0.05) is 18.7 Å². The number of aromatic nitrogens is 2. The van der Waals surface area contributed by atoms with Gasteiger partial charge in [-0.2, -0.15) is 0 Å². The van der Waals surface area contributed by atoms with Crippen LogP contribution in [0.3, 0.4) is 0 Å². The fourth-order valence-corrected chi connectivity index (χ4v) is 2.77. The van der Waals surface area contributed by atoms with E-state index in [2.05, 4.69) is 27.1 Å². The Morgan fingerprint density at radius 3 is 2.48 bits per heavy atom. The van der Waals surface area contributed by atoms with Crippen LogP contribution in [-0.2, 0) is 9.47 Å². The second-order valence-corrected chi connectivity index (χ2v) is 5.75. The molecule has 1 aromatic rings. The molecule has 1 aromatic heterocycles. The van der Waals surface area contributed by atoms with E-state index in [-0.39, 0.29) is 12.2 Å². The van der Waals surface area contributed by atoms with Crippen LogP contribution in [0.5, 0.6) is 0 Å². The summed E-state index contributed by atoms with van der Waals surface area (Å²) in [5.41, 5.74) is 0. The molecule has 6 nitrogen and oxygen atoms in total. The Kier molecular flexibility index (Phi) is 6.08. The van der Waals surface area contributed by atoms with Crippen LogP contribution in [-0.4, -0.2) is 62.3 Å². The molecule has 0 aliphatic carbocycles. The molecule has 2 rings (SSSR count). The first-order valence-corrected chi connectivity index (χ1v) is 8.41. The van der Waals surface area contributed by atoms with Crippen molar-refractivity contribution in [3.05, 3.63) is 6.07 Å². The molecule has 0 saturated carbocycles. The number of hydrogen-bond acceptors (Lipinski definition) is 7. The molecule has 7 heteroatoms. The van der Waals surface area contributed by atoms with E-state index in [1.165, 1.54) is 0 Å². The van der Waals surface area contributed by atoms with Gasteiger partial charge in [-0.05, 0) is 12.7 Å². The van der Waals surface area contributed by atoms with Gasteiger partial charge < -0.3 is 19.7 Å². The first kappa shape index (κ1) is 16.3. The molecule has 1 aliphatic rings. The topological polar surface area (TPSA) is 59.5 Å². The molecule has 118 valence electrons. The van der Waals surface area contributed by atoms with Crippen molar-refractivity contribution in [2.24, 2.45) is 0 Å². The lowest BCUT2D eigenvalue weighted by atomic mass is 10.3. The zero-order valence-electron chi connectivity index (χ0n) is 13.1. The second kappa shape index (κ2) is 7.82. The Labute approximate surface area is 130 Å². The van der Waals surface area contributed by atoms with Gasteiger partial charge >= 0.3 is 0 Å². The van der Waals surface area contributed by atoms with Crippen molar-refractivity contribution in [1.29, 1.82) is 0 Å². The molecule has 21 heavy (non-hydrogen) atoms. The van der Waals surface area contributed by atoms with Crippen molar-refractivity contribution >= 4 is 23.4 Å². The molecule has 1 aliphatic heterocycles. The van der Waals surface area contributed by atoms with E-state index in [9.17, 15) is 0 Å². The third kappa shape index (κ3) is 3.99. The lowest BCUT2D eigenvalue weighted by Crippen LogP contribution is -2.27. The summed E-state index contributed by atoms with van der Waals surface area (Å²) < 4.78 is 11.0. The first-order chi connectivity index (χ1) is 10.2. The molecular weight excluding hydrogens is 288 g/mol. The Bertz CT molecular complexity index is 449. The average Bonchev–Trinajstić information content (AvgIpc) is 2.96. The highest BCUT2D eigenvalue weighted by Gasteiger charge is 2.34. The third-order valence-corrected chi connectivity index (χ3v) is 4.12. The number of ether oxygens (including phenoxy) is 2. The number of hydrogen-bond donors (Lipinski definition) is 1. The summed E-state index contributed by atoms with van der Waals surface area (Å²) >= 11 is 1.55. The van der Waals surface area contributed by atoms with Crippen molar-refractivity contribution in [3.8, 4) is 0 Å². The largest absolute Gasteiger partial charge is 0.377 e. The number of rotatable bonds is 7.